The molecule has 4 fully saturated rings. The van der Waals surface area contributed by atoms with Gasteiger partial charge in [0.05, 0.1) is 36.7 Å². The molecule has 5 aliphatic rings. The molecule has 4 amide bonds. The predicted molar refractivity (Wildman–Crippen MR) is 233 cm³/mol. The van der Waals surface area contributed by atoms with E-state index in [0.717, 1.165) is 22.6 Å². The number of piperidine rings is 1. The molecule has 0 unspecified atom stereocenters. The SMILES string of the molecule is COc1ccc2c(O[C@@H]3C[C@H]4C(=O)N[C@@]5(C(=O)NS(=O)(=O)C6CC6)C[C@@H]5/C=C\CCCCC[C@H](CC(=O)N5CCCC(F)(F)C5)C(=O)N4C3)cc(-c3nc(C(C)C)cs3)nc2c1C. The second kappa shape index (κ2) is 17.7. The molecule has 3 aliphatic heterocycles. The van der Waals surface area contributed by atoms with E-state index in [9.17, 15) is 36.4 Å². The fraction of sp³-hybridized carbons (Fsp3) is 0.600. The summed E-state index contributed by atoms with van der Waals surface area (Å²) in [5.74, 6) is -5.67. The Hall–Kier alpha value is -4.71. The second-order valence-corrected chi connectivity index (χ2v) is 21.0. The van der Waals surface area contributed by atoms with Crippen LogP contribution in [0.3, 0.4) is 0 Å². The van der Waals surface area contributed by atoms with Crippen LogP contribution in [0.1, 0.15) is 108 Å². The Kier molecular flexibility index (Phi) is 12.6. The number of hydrogen-bond acceptors (Lipinski definition) is 11. The summed E-state index contributed by atoms with van der Waals surface area (Å²) in [6.07, 6.45) is 6.59. The van der Waals surface area contributed by atoms with E-state index in [0.29, 0.717) is 71.6 Å². The molecule has 340 valence electrons. The van der Waals surface area contributed by atoms with Gasteiger partial charge in [-0.1, -0.05) is 38.8 Å². The van der Waals surface area contributed by atoms with Crippen molar-refractivity contribution in [1.29, 1.82) is 0 Å². The minimum atomic E-state index is -3.95. The minimum Gasteiger partial charge on any atom is -0.496 e. The molecule has 18 heteroatoms. The first kappa shape index (κ1) is 44.9. The number of carbonyl (C=O) groups is 4. The van der Waals surface area contributed by atoms with Crippen molar-refractivity contribution in [3.05, 3.63) is 47.0 Å². The van der Waals surface area contributed by atoms with Crippen LogP contribution in [0.5, 0.6) is 11.5 Å². The van der Waals surface area contributed by atoms with Crippen molar-refractivity contribution < 1.29 is 45.9 Å². The van der Waals surface area contributed by atoms with Crippen LogP contribution in [0.15, 0.2) is 35.7 Å². The zero-order valence-corrected chi connectivity index (χ0v) is 37.8. The number of aromatic nitrogens is 2. The summed E-state index contributed by atoms with van der Waals surface area (Å²) in [7, 11) is -2.37. The number of ether oxygens (including phenoxy) is 2. The Morgan fingerprint density at radius 2 is 1.87 bits per heavy atom. The maximum atomic E-state index is 14.9. The number of fused-ring (bicyclic) bond motifs is 3. The fourth-order valence-corrected chi connectivity index (χ4v) is 11.5. The van der Waals surface area contributed by atoms with Gasteiger partial charge in [0.25, 0.3) is 11.8 Å². The molecule has 63 heavy (non-hydrogen) atoms. The largest absolute Gasteiger partial charge is 0.496 e. The molecule has 5 atom stereocenters. The average molecular weight is 911 g/mol. The number of nitrogens with one attached hydrogen (secondary N) is 2. The first-order valence-corrected chi connectivity index (χ1v) is 24.5. The average Bonchev–Trinajstić information content (AvgIpc) is 4.11. The van der Waals surface area contributed by atoms with E-state index in [-0.39, 0.29) is 51.1 Å². The van der Waals surface area contributed by atoms with E-state index in [2.05, 4.69) is 23.9 Å². The highest BCUT2D eigenvalue weighted by Gasteiger charge is 2.62. The summed E-state index contributed by atoms with van der Waals surface area (Å²) in [5.41, 5.74) is 1.31. The van der Waals surface area contributed by atoms with Crippen LogP contribution in [-0.2, 0) is 29.2 Å². The molecule has 0 bridgehead atoms. The number of sulfonamides is 1. The Morgan fingerprint density at radius 3 is 2.59 bits per heavy atom. The van der Waals surface area contributed by atoms with Crippen LogP contribution >= 0.6 is 11.3 Å². The Morgan fingerprint density at radius 1 is 1.08 bits per heavy atom. The van der Waals surface area contributed by atoms with Crippen molar-refractivity contribution in [3.63, 3.8) is 0 Å². The number of carbonyl (C=O) groups excluding carboxylic acids is 4. The topological polar surface area (TPSA) is 177 Å². The molecular formula is C45H56F2N6O8S2. The van der Waals surface area contributed by atoms with Gasteiger partial charge in [0.2, 0.25) is 27.7 Å². The number of benzene rings is 1. The first-order valence-electron chi connectivity index (χ1n) is 22.1. The lowest BCUT2D eigenvalue weighted by Gasteiger charge is -2.34. The maximum absolute atomic E-state index is 14.9. The van der Waals surface area contributed by atoms with Crippen LogP contribution in [0.25, 0.3) is 21.6 Å². The number of likely N-dealkylation sites (tertiary alicyclic amines) is 1. The van der Waals surface area contributed by atoms with Gasteiger partial charge in [-0.05, 0) is 69.9 Å². The van der Waals surface area contributed by atoms with Crippen molar-refractivity contribution in [2.45, 2.75) is 133 Å². The van der Waals surface area contributed by atoms with Crippen LogP contribution in [0.2, 0.25) is 0 Å². The van der Waals surface area contributed by atoms with E-state index in [4.69, 9.17) is 19.4 Å². The van der Waals surface area contributed by atoms with Crippen LogP contribution < -0.4 is 19.5 Å². The zero-order chi connectivity index (χ0) is 44.8. The molecule has 2 saturated heterocycles. The van der Waals surface area contributed by atoms with Crippen molar-refractivity contribution in [2.75, 3.05) is 26.7 Å². The maximum Gasteiger partial charge on any atom is 0.265 e. The number of nitrogens with zero attached hydrogens (tertiary/aromatic N) is 4. The molecule has 2 aromatic heterocycles. The van der Waals surface area contributed by atoms with E-state index in [1.54, 1.807) is 13.2 Å². The number of halogens is 2. The van der Waals surface area contributed by atoms with E-state index in [1.165, 1.54) is 16.2 Å². The smallest absolute Gasteiger partial charge is 0.265 e. The lowest BCUT2D eigenvalue weighted by molar-refractivity contribution is -0.148. The third-order valence-electron chi connectivity index (χ3n) is 13.1. The highest BCUT2D eigenvalue weighted by atomic mass is 32.2. The number of allylic oxidation sites excluding steroid dienone is 1. The molecule has 2 N–H and O–H groups in total. The van der Waals surface area contributed by atoms with Crippen molar-refractivity contribution in [1.82, 2.24) is 29.8 Å². The van der Waals surface area contributed by atoms with E-state index >= 15 is 0 Å². The lowest BCUT2D eigenvalue weighted by Crippen LogP contribution is -2.57. The highest BCUT2D eigenvalue weighted by molar-refractivity contribution is 7.91. The molecule has 5 heterocycles. The summed E-state index contributed by atoms with van der Waals surface area (Å²) < 4.78 is 69.6. The number of amides is 4. The quantitative estimate of drug-likeness (QED) is 0.216. The van der Waals surface area contributed by atoms with Crippen molar-refractivity contribution in [3.8, 4) is 22.2 Å². The molecular weight excluding hydrogens is 855 g/mol. The molecule has 3 aromatic rings. The van der Waals surface area contributed by atoms with Crippen molar-refractivity contribution in [2.24, 2.45) is 11.8 Å². The van der Waals surface area contributed by atoms with Gasteiger partial charge < -0.3 is 24.6 Å². The summed E-state index contributed by atoms with van der Waals surface area (Å²) in [6.45, 7) is 5.40. The van der Waals surface area contributed by atoms with Gasteiger partial charge in [-0.15, -0.1) is 11.3 Å². The molecule has 1 aromatic carbocycles. The Labute approximate surface area is 370 Å². The molecule has 14 nitrogen and oxygen atoms in total. The van der Waals surface area contributed by atoms with Crippen LogP contribution in [0.4, 0.5) is 8.78 Å². The van der Waals surface area contributed by atoms with Gasteiger partial charge in [0, 0.05) is 60.0 Å². The third-order valence-corrected chi connectivity index (χ3v) is 15.8. The van der Waals surface area contributed by atoms with Gasteiger partial charge in [0.15, 0.2) is 0 Å². The van der Waals surface area contributed by atoms with Gasteiger partial charge >= 0.3 is 0 Å². The fourth-order valence-electron chi connectivity index (χ4n) is 9.15. The summed E-state index contributed by atoms with van der Waals surface area (Å²) in [4.78, 5) is 69.6. The molecule has 8 rings (SSSR count). The lowest BCUT2D eigenvalue weighted by atomic mass is 9.94. The monoisotopic (exact) mass is 910 g/mol. The molecule has 0 spiro atoms. The van der Waals surface area contributed by atoms with Crippen LogP contribution in [0, 0.1) is 18.8 Å². The van der Waals surface area contributed by atoms with Crippen molar-refractivity contribution >= 4 is 55.9 Å². The van der Waals surface area contributed by atoms with Gasteiger partial charge in [0.1, 0.15) is 39.9 Å². The molecule has 0 radical (unpaired) electrons. The first-order chi connectivity index (χ1) is 30.0. The Balaban J connectivity index is 1.14. The Bertz CT molecular complexity index is 2420. The molecule has 2 aliphatic carbocycles. The number of hydrogen-bond donors (Lipinski definition) is 2. The summed E-state index contributed by atoms with van der Waals surface area (Å²) >= 11 is 1.46. The second-order valence-electron chi connectivity index (χ2n) is 18.2. The van der Waals surface area contributed by atoms with E-state index < -0.39 is 80.9 Å². The third kappa shape index (κ3) is 9.57. The molecule has 2 saturated carbocycles. The number of alkyl halides is 2. The zero-order valence-electron chi connectivity index (χ0n) is 36.2. The van der Waals surface area contributed by atoms with Gasteiger partial charge in [-0.2, -0.15) is 0 Å². The minimum absolute atomic E-state index is 0.00178. The highest BCUT2D eigenvalue weighted by Crippen LogP contribution is 2.46. The summed E-state index contributed by atoms with van der Waals surface area (Å²) in [5, 5.41) is 5.57. The standard InChI is InChI=1S/C45H56F2N6O8S2/c1-26(2)34-24-62-41(49-34)33-21-37(32-15-16-36(60-4)27(3)39(32)48-33)61-30-20-35-40(55)50-45(43(57)51-63(58,59)31-13-14-31)22-29(45)12-9-7-5-6-8-11-28(42(56)53(35)23-30)19-38(54)52-18-10-17-44(46,47)25-52/h9,12,15-16,21,24,26,28-31,35H,5-8,10-11,13-14,17-20,22-23,25H2,1-4H3,(H,50,55)(H,51,57)/b12-9-/t28-,29+,30-,35+,45+/m1/s1. The number of rotatable bonds is 10. The summed E-state index contributed by atoms with van der Waals surface area (Å²) in [6, 6.07) is 4.27. The number of aryl methyl sites for hydroxylation is 1. The number of pyridine rings is 1. The van der Waals surface area contributed by atoms with E-state index in [1.807, 2.05) is 36.6 Å². The number of thiazole rings is 1. The van der Waals surface area contributed by atoms with Gasteiger partial charge in [-0.25, -0.2) is 27.2 Å². The normalized spacial score (nSPS) is 27.2. The predicted octanol–water partition coefficient (Wildman–Crippen LogP) is 6.41. The number of methoxy groups -OCH3 is 1. The van der Waals surface area contributed by atoms with Gasteiger partial charge in [-0.3, -0.25) is 23.9 Å². The van der Waals surface area contributed by atoms with Crippen LogP contribution in [-0.4, -0.2) is 107 Å².